The lowest BCUT2D eigenvalue weighted by molar-refractivity contribution is 0.258. The molecular weight excluding hydrogens is 328 g/mol. The molecule has 1 aliphatic rings. The van der Waals surface area contributed by atoms with E-state index in [-0.39, 0.29) is 0 Å². The molecule has 1 aliphatic heterocycles. The van der Waals surface area contributed by atoms with Gasteiger partial charge in [0.1, 0.15) is 0 Å². The van der Waals surface area contributed by atoms with Crippen LogP contribution in [0.15, 0.2) is 47.0 Å². The van der Waals surface area contributed by atoms with Gasteiger partial charge in [0.25, 0.3) is 5.89 Å². The summed E-state index contributed by atoms with van der Waals surface area (Å²) >= 11 is 0. The fraction of sp³-hybridized carbons (Fsp3) is 0.368. The Hall–Kier alpha value is -2.80. The van der Waals surface area contributed by atoms with Gasteiger partial charge in [0, 0.05) is 31.7 Å². The molecule has 7 heteroatoms. The number of rotatable bonds is 5. The van der Waals surface area contributed by atoms with E-state index in [0.29, 0.717) is 17.4 Å². The van der Waals surface area contributed by atoms with Crippen molar-refractivity contribution in [2.45, 2.75) is 13.3 Å². The summed E-state index contributed by atoms with van der Waals surface area (Å²) in [5.41, 5.74) is 1.50. The number of nitrogens with zero attached hydrogens (tertiary/aromatic N) is 6. The van der Waals surface area contributed by atoms with E-state index in [1.165, 1.54) is 13.0 Å². The molecule has 0 N–H and O–H groups in total. The van der Waals surface area contributed by atoms with E-state index in [0.717, 1.165) is 37.6 Å². The second-order valence-electron chi connectivity index (χ2n) is 6.39. The Kier molecular flexibility index (Phi) is 4.88. The average molecular weight is 350 g/mol. The number of benzene rings is 1. The third kappa shape index (κ3) is 3.57. The van der Waals surface area contributed by atoms with Crippen LogP contribution >= 0.6 is 0 Å². The Balaban J connectivity index is 1.45. The fourth-order valence-corrected chi connectivity index (χ4v) is 3.16. The van der Waals surface area contributed by atoms with Crippen LogP contribution in [0.5, 0.6) is 0 Å². The molecule has 1 saturated heterocycles. The van der Waals surface area contributed by atoms with Crippen molar-refractivity contribution in [2.24, 2.45) is 0 Å². The molecule has 0 spiro atoms. The maximum atomic E-state index is 5.35. The molecule has 0 aliphatic carbocycles. The minimum Gasteiger partial charge on any atom is -0.353 e. The van der Waals surface area contributed by atoms with Crippen LogP contribution in [0, 0.1) is 0 Å². The predicted octanol–water partition coefficient (Wildman–Crippen LogP) is 2.73. The van der Waals surface area contributed by atoms with Crippen LogP contribution in [0.4, 0.5) is 5.82 Å². The SMILES string of the molecule is CCCN1CCN(c2ccc(-c3nc(-c4ccccc4)no3)nn2)CC1. The quantitative estimate of drug-likeness (QED) is 0.700. The van der Waals surface area contributed by atoms with Crippen molar-refractivity contribution in [1.82, 2.24) is 25.2 Å². The topological polar surface area (TPSA) is 71.2 Å². The Morgan fingerprint density at radius 2 is 1.77 bits per heavy atom. The molecule has 134 valence electrons. The molecule has 0 unspecified atom stereocenters. The van der Waals surface area contributed by atoms with Gasteiger partial charge in [-0.1, -0.05) is 42.4 Å². The Morgan fingerprint density at radius 1 is 0.962 bits per heavy atom. The van der Waals surface area contributed by atoms with Crippen LogP contribution in [0.1, 0.15) is 13.3 Å². The molecule has 0 atom stereocenters. The molecule has 3 heterocycles. The molecule has 3 aromatic rings. The fourth-order valence-electron chi connectivity index (χ4n) is 3.16. The highest BCUT2D eigenvalue weighted by molar-refractivity contribution is 5.58. The lowest BCUT2D eigenvalue weighted by atomic mass is 10.2. The summed E-state index contributed by atoms with van der Waals surface area (Å²) in [5.74, 6) is 1.84. The second kappa shape index (κ2) is 7.61. The van der Waals surface area contributed by atoms with Gasteiger partial charge in [0.2, 0.25) is 5.82 Å². The minimum atomic E-state index is 0.385. The summed E-state index contributed by atoms with van der Waals surface area (Å²) in [6, 6.07) is 13.6. The number of hydrogen-bond donors (Lipinski definition) is 0. The van der Waals surface area contributed by atoms with E-state index >= 15 is 0 Å². The maximum absolute atomic E-state index is 5.35. The van der Waals surface area contributed by atoms with Gasteiger partial charge in [-0.2, -0.15) is 4.98 Å². The van der Waals surface area contributed by atoms with Crippen LogP contribution in [-0.4, -0.2) is 58.0 Å². The summed E-state index contributed by atoms with van der Waals surface area (Å²) in [6.45, 7) is 7.49. The van der Waals surface area contributed by atoms with Gasteiger partial charge in [-0.05, 0) is 25.1 Å². The molecule has 0 bridgehead atoms. The highest BCUT2D eigenvalue weighted by atomic mass is 16.5. The molecule has 2 aromatic heterocycles. The molecule has 26 heavy (non-hydrogen) atoms. The number of anilines is 1. The predicted molar refractivity (Wildman–Crippen MR) is 99.7 cm³/mol. The average Bonchev–Trinajstić information content (AvgIpc) is 3.20. The summed E-state index contributed by atoms with van der Waals surface area (Å²) in [7, 11) is 0. The zero-order valence-corrected chi connectivity index (χ0v) is 14.9. The van der Waals surface area contributed by atoms with E-state index in [1.54, 1.807) is 0 Å². The van der Waals surface area contributed by atoms with Crippen molar-refractivity contribution < 1.29 is 4.52 Å². The van der Waals surface area contributed by atoms with E-state index in [9.17, 15) is 0 Å². The third-order valence-electron chi connectivity index (χ3n) is 4.56. The van der Waals surface area contributed by atoms with Gasteiger partial charge in [-0.3, -0.25) is 4.90 Å². The number of hydrogen-bond acceptors (Lipinski definition) is 7. The van der Waals surface area contributed by atoms with Crippen molar-refractivity contribution >= 4 is 5.82 Å². The lowest BCUT2D eigenvalue weighted by Crippen LogP contribution is -2.46. The van der Waals surface area contributed by atoms with E-state index in [2.05, 4.69) is 37.1 Å². The van der Waals surface area contributed by atoms with Gasteiger partial charge in [0.05, 0.1) is 0 Å². The number of piperazine rings is 1. The Morgan fingerprint density at radius 3 is 2.46 bits per heavy atom. The first-order chi connectivity index (χ1) is 12.8. The standard InChI is InChI=1S/C19H22N6O/c1-2-10-24-11-13-25(14-12-24)17-9-8-16(21-22-17)19-20-18(23-26-19)15-6-4-3-5-7-15/h3-9H,2,10-14H2,1H3. The first-order valence-electron chi connectivity index (χ1n) is 9.04. The van der Waals surface area contributed by atoms with Gasteiger partial charge in [0.15, 0.2) is 11.5 Å². The number of aromatic nitrogens is 4. The largest absolute Gasteiger partial charge is 0.353 e. The first-order valence-corrected chi connectivity index (χ1v) is 9.04. The molecule has 7 nitrogen and oxygen atoms in total. The Labute approximate surface area is 152 Å². The van der Waals surface area contributed by atoms with Crippen LogP contribution in [0.25, 0.3) is 23.0 Å². The lowest BCUT2D eigenvalue weighted by Gasteiger charge is -2.34. The molecular formula is C19H22N6O. The van der Waals surface area contributed by atoms with E-state index in [4.69, 9.17) is 4.52 Å². The molecule has 0 saturated carbocycles. The van der Waals surface area contributed by atoms with Crippen molar-refractivity contribution in [3.05, 3.63) is 42.5 Å². The first kappa shape index (κ1) is 16.7. The smallest absolute Gasteiger partial charge is 0.278 e. The van der Waals surface area contributed by atoms with Crippen LogP contribution in [0.2, 0.25) is 0 Å². The minimum absolute atomic E-state index is 0.385. The van der Waals surface area contributed by atoms with Crippen molar-refractivity contribution in [3.63, 3.8) is 0 Å². The Bertz CT molecular complexity index is 825. The molecule has 4 rings (SSSR count). The van der Waals surface area contributed by atoms with Gasteiger partial charge >= 0.3 is 0 Å². The monoisotopic (exact) mass is 350 g/mol. The summed E-state index contributed by atoms with van der Waals surface area (Å²) in [6.07, 6.45) is 1.20. The van der Waals surface area contributed by atoms with Gasteiger partial charge in [-0.15, -0.1) is 10.2 Å². The molecule has 0 amide bonds. The zero-order chi connectivity index (χ0) is 17.8. The van der Waals surface area contributed by atoms with Crippen LogP contribution < -0.4 is 4.90 Å². The van der Waals surface area contributed by atoms with Crippen molar-refractivity contribution in [1.29, 1.82) is 0 Å². The highest BCUT2D eigenvalue weighted by Crippen LogP contribution is 2.21. The van der Waals surface area contributed by atoms with Crippen molar-refractivity contribution in [3.8, 4) is 23.0 Å². The summed E-state index contributed by atoms with van der Waals surface area (Å²) in [4.78, 5) is 9.18. The molecule has 1 fully saturated rings. The van der Waals surface area contributed by atoms with E-state index < -0.39 is 0 Å². The molecule has 0 radical (unpaired) electrons. The normalized spacial score (nSPS) is 15.3. The zero-order valence-electron chi connectivity index (χ0n) is 14.9. The maximum Gasteiger partial charge on any atom is 0.278 e. The van der Waals surface area contributed by atoms with Crippen LogP contribution in [-0.2, 0) is 0 Å². The highest BCUT2D eigenvalue weighted by Gasteiger charge is 2.18. The van der Waals surface area contributed by atoms with Crippen molar-refractivity contribution in [2.75, 3.05) is 37.6 Å². The van der Waals surface area contributed by atoms with Gasteiger partial charge < -0.3 is 9.42 Å². The summed E-state index contributed by atoms with van der Waals surface area (Å²) < 4.78 is 5.35. The van der Waals surface area contributed by atoms with E-state index in [1.807, 2.05) is 42.5 Å². The van der Waals surface area contributed by atoms with Gasteiger partial charge in [-0.25, -0.2) is 0 Å². The summed E-state index contributed by atoms with van der Waals surface area (Å²) in [5, 5.41) is 12.7. The molecule has 1 aromatic carbocycles. The second-order valence-corrected chi connectivity index (χ2v) is 6.39. The third-order valence-corrected chi connectivity index (χ3v) is 4.56. The van der Waals surface area contributed by atoms with Crippen LogP contribution in [0.3, 0.4) is 0 Å².